The van der Waals surface area contributed by atoms with Crippen molar-refractivity contribution >= 4 is 0 Å². The highest BCUT2D eigenvalue weighted by atomic mass is 16.5. The van der Waals surface area contributed by atoms with E-state index < -0.39 is 5.54 Å². The van der Waals surface area contributed by atoms with Crippen molar-refractivity contribution in [2.24, 2.45) is 5.73 Å². The second-order valence-electron chi connectivity index (χ2n) is 5.74. The Morgan fingerprint density at radius 2 is 2.00 bits per heavy atom. The van der Waals surface area contributed by atoms with Crippen LogP contribution in [0.3, 0.4) is 0 Å². The van der Waals surface area contributed by atoms with E-state index in [1.165, 1.54) is 5.56 Å². The van der Waals surface area contributed by atoms with Crippen LogP contribution in [-0.2, 0) is 12.0 Å². The lowest BCUT2D eigenvalue weighted by Gasteiger charge is -2.17. The van der Waals surface area contributed by atoms with Crippen molar-refractivity contribution in [3.05, 3.63) is 41.5 Å². The second-order valence-corrected chi connectivity index (χ2v) is 5.74. The molecule has 1 aliphatic heterocycles. The van der Waals surface area contributed by atoms with Crippen molar-refractivity contribution in [2.75, 3.05) is 0 Å². The van der Waals surface area contributed by atoms with E-state index in [1.807, 2.05) is 18.2 Å². The van der Waals surface area contributed by atoms with Crippen molar-refractivity contribution < 1.29 is 9.26 Å². The van der Waals surface area contributed by atoms with E-state index >= 15 is 0 Å². The molecule has 104 valence electrons. The molecule has 0 radical (unpaired) electrons. The Hall–Kier alpha value is -1.88. The smallest absolute Gasteiger partial charge is 0.268 e. The molecule has 0 saturated heterocycles. The normalized spacial score (nSPS) is 23.6. The highest BCUT2D eigenvalue weighted by molar-refractivity contribution is 5.37. The molecule has 2 aromatic rings. The van der Waals surface area contributed by atoms with Crippen LogP contribution in [0.5, 0.6) is 5.75 Å². The number of benzene rings is 1. The van der Waals surface area contributed by atoms with Crippen LogP contribution in [0.4, 0.5) is 0 Å². The van der Waals surface area contributed by atoms with Gasteiger partial charge in [0.1, 0.15) is 5.75 Å². The maximum Gasteiger partial charge on any atom is 0.268 e. The topological polar surface area (TPSA) is 74.2 Å². The molecule has 2 heterocycles. The average Bonchev–Trinajstić information content (AvgIpc) is 3.17. The predicted octanol–water partition coefficient (Wildman–Crippen LogP) is 2.47. The molecule has 1 aromatic heterocycles. The number of hydrogen-bond acceptors (Lipinski definition) is 5. The van der Waals surface area contributed by atoms with E-state index in [4.69, 9.17) is 15.0 Å². The minimum atomic E-state index is -0.410. The van der Waals surface area contributed by atoms with E-state index in [0.29, 0.717) is 11.7 Å². The van der Waals surface area contributed by atoms with E-state index in [9.17, 15) is 0 Å². The highest BCUT2D eigenvalue weighted by Crippen LogP contribution is 2.38. The molecule has 2 N–H and O–H groups in total. The number of fused-ring (bicyclic) bond motifs is 1. The van der Waals surface area contributed by atoms with Crippen LogP contribution in [0.2, 0.25) is 0 Å². The fourth-order valence-corrected chi connectivity index (χ4v) is 3.12. The summed E-state index contributed by atoms with van der Waals surface area (Å²) < 4.78 is 11.3. The molecule has 20 heavy (non-hydrogen) atoms. The number of nitrogens with zero attached hydrogens (tertiary/aromatic N) is 2. The third kappa shape index (κ3) is 1.81. The van der Waals surface area contributed by atoms with Crippen LogP contribution in [-0.4, -0.2) is 10.1 Å². The van der Waals surface area contributed by atoms with Gasteiger partial charge in [-0.1, -0.05) is 36.2 Å². The van der Waals surface area contributed by atoms with Gasteiger partial charge in [0.05, 0.1) is 5.54 Å². The minimum Gasteiger partial charge on any atom is -0.480 e. The van der Waals surface area contributed by atoms with Crippen LogP contribution >= 0.6 is 0 Å². The zero-order valence-corrected chi connectivity index (χ0v) is 11.2. The lowest BCUT2D eigenvalue weighted by Crippen LogP contribution is -2.34. The van der Waals surface area contributed by atoms with Gasteiger partial charge in [0.15, 0.2) is 11.9 Å². The summed E-state index contributed by atoms with van der Waals surface area (Å²) in [4.78, 5) is 4.50. The monoisotopic (exact) mass is 271 g/mol. The van der Waals surface area contributed by atoms with Crippen LogP contribution in [0.25, 0.3) is 0 Å². The molecule has 1 aromatic carbocycles. The third-order valence-corrected chi connectivity index (χ3v) is 4.31. The summed E-state index contributed by atoms with van der Waals surface area (Å²) in [5, 5.41) is 4.09. The fraction of sp³-hybridized carbons (Fsp3) is 0.467. The predicted molar refractivity (Wildman–Crippen MR) is 72.1 cm³/mol. The molecule has 5 heteroatoms. The summed E-state index contributed by atoms with van der Waals surface area (Å²) in [6, 6.07) is 8.01. The Balaban J connectivity index is 1.58. The Labute approximate surface area is 117 Å². The summed E-state index contributed by atoms with van der Waals surface area (Å²) in [7, 11) is 0. The molecule has 1 unspecified atom stereocenters. The quantitative estimate of drug-likeness (QED) is 0.908. The molecule has 1 aliphatic carbocycles. The van der Waals surface area contributed by atoms with Crippen LogP contribution in [0.15, 0.2) is 28.8 Å². The zero-order chi connectivity index (χ0) is 13.6. The van der Waals surface area contributed by atoms with Gasteiger partial charge >= 0.3 is 0 Å². The first-order valence-electron chi connectivity index (χ1n) is 7.12. The molecule has 1 fully saturated rings. The van der Waals surface area contributed by atoms with Gasteiger partial charge in [-0.3, -0.25) is 0 Å². The Morgan fingerprint density at radius 1 is 1.20 bits per heavy atom. The van der Waals surface area contributed by atoms with E-state index in [1.54, 1.807) is 0 Å². The molecule has 4 rings (SSSR count). The number of aromatic nitrogens is 2. The number of para-hydroxylation sites is 1. The Morgan fingerprint density at radius 3 is 2.80 bits per heavy atom. The standard InChI is InChI=1S/C15H17N3O2/c16-15(7-3-4-8-15)14-17-13(20-18-14)12-9-10-5-1-2-6-11(10)19-12/h1-2,5-6,12H,3-4,7-9,16H2. The van der Waals surface area contributed by atoms with Crippen molar-refractivity contribution in [3.63, 3.8) is 0 Å². The molecule has 0 amide bonds. The van der Waals surface area contributed by atoms with Gasteiger partial charge in [0.25, 0.3) is 5.89 Å². The van der Waals surface area contributed by atoms with Crippen molar-refractivity contribution in [1.82, 2.24) is 10.1 Å². The molecular weight excluding hydrogens is 254 g/mol. The van der Waals surface area contributed by atoms with Crippen LogP contribution in [0.1, 0.15) is 49.1 Å². The lowest BCUT2D eigenvalue weighted by molar-refractivity contribution is 0.183. The summed E-state index contributed by atoms with van der Waals surface area (Å²) in [6.07, 6.45) is 4.71. The Bertz CT molecular complexity index is 607. The summed E-state index contributed by atoms with van der Waals surface area (Å²) >= 11 is 0. The maximum atomic E-state index is 6.35. The largest absolute Gasteiger partial charge is 0.480 e. The number of hydrogen-bond donors (Lipinski definition) is 1. The van der Waals surface area contributed by atoms with E-state index in [2.05, 4.69) is 16.2 Å². The lowest BCUT2D eigenvalue weighted by atomic mass is 9.99. The van der Waals surface area contributed by atoms with Crippen molar-refractivity contribution in [3.8, 4) is 5.75 Å². The minimum absolute atomic E-state index is 0.182. The molecule has 0 bridgehead atoms. The van der Waals surface area contributed by atoms with Gasteiger partial charge < -0.3 is 15.0 Å². The third-order valence-electron chi connectivity index (χ3n) is 4.31. The molecule has 0 spiro atoms. The van der Waals surface area contributed by atoms with Crippen molar-refractivity contribution in [1.29, 1.82) is 0 Å². The van der Waals surface area contributed by atoms with Gasteiger partial charge in [-0.2, -0.15) is 4.98 Å². The molecule has 5 nitrogen and oxygen atoms in total. The van der Waals surface area contributed by atoms with E-state index in [-0.39, 0.29) is 6.10 Å². The number of ether oxygens (including phenoxy) is 1. The Kier molecular flexibility index (Phi) is 2.57. The SMILES string of the molecule is NC1(c2noc(C3Cc4ccccc4O3)n2)CCCC1. The summed E-state index contributed by atoms with van der Waals surface area (Å²) in [6.45, 7) is 0. The first-order chi connectivity index (χ1) is 9.74. The summed E-state index contributed by atoms with van der Waals surface area (Å²) in [5.74, 6) is 2.07. The van der Waals surface area contributed by atoms with Gasteiger partial charge in [-0.25, -0.2) is 0 Å². The zero-order valence-electron chi connectivity index (χ0n) is 11.2. The first kappa shape index (κ1) is 11.9. The van der Waals surface area contributed by atoms with Crippen molar-refractivity contribution in [2.45, 2.75) is 43.7 Å². The molecule has 1 atom stereocenters. The second kappa shape index (κ2) is 4.31. The molecular formula is C15H17N3O2. The maximum absolute atomic E-state index is 6.35. The fourth-order valence-electron chi connectivity index (χ4n) is 3.12. The van der Waals surface area contributed by atoms with Crippen LogP contribution in [0, 0.1) is 0 Å². The van der Waals surface area contributed by atoms with Crippen LogP contribution < -0.4 is 10.5 Å². The van der Waals surface area contributed by atoms with E-state index in [0.717, 1.165) is 37.9 Å². The average molecular weight is 271 g/mol. The number of rotatable bonds is 2. The van der Waals surface area contributed by atoms with Gasteiger partial charge in [0, 0.05) is 6.42 Å². The van der Waals surface area contributed by atoms with Gasteiger partial charge in [-0.15, -0.1) is 0 Å². The highest BCUT2D eigenvalue weighted by Gasteiger charge is 2.37. The summed E-state index contributed by atoms with van der Waals surface area (Å²) in [5.41, 5.74) is 7.12. The van der Waals surface area contributed by atoms with Gasteiger partial charge in [-0.05, 0) is 24.5 Å². The number of nitrogens with two attached hydrogens (primary N) is 1. The molecule has 2 aliphatic rings. The van der Waals surface area contributed by atoms with Gasteiger partial charge in [0.2, 0.25) is 0 Å². The first-order valence-corrected chi connectivity index (χ1v) is 7.12. The molecule has 1 saturated carbocycles.